The van der Waals surface area contributed by atoms with Gasteiger partial charge in [0.1, 0.15) is 10.9 Å². The van der Waals surface area contributed by atoms with Crippen molar-refractivity contribution in [1.82, 2.24) is 14.5 Å². The van der Waals surface area contributed by atoms with Crippen LogP contribution in [0.4, 0.5) is 0 Å². The van der Waals surface area contributed by atoms with Gasteiger partial charge >= 0.3 is 0 Å². The molecule has 0 unspecified atom stereocenters. The molecule has 1 atom stereocenters. The predicted octanol–water partition coefficient (Wildman–Crippen LogP) is 2.82. The van der Waals surface area contributed by atoms with Gasteiger partial charge in [0.2, 0.25) is 11.8 Å². The number of halogens is 1. The lowest BCUT2D eigenvalue weighted by molar-refractivity contribution is -0.140. The van der Waals surface area contributed by atoms with E-state index in [0.717, 1.165) is 5.56 Å². The normalized spacial score (nSPS) is 15.3. The summed E-state index contributed by atoms with van der Waals surface area (Å²) in [6.45, 7) is 5.02. The fourth-order valence-electron chi connectivity index (χ4n) is 3.61. The third kappa shape index (κ3) is 5.36. The van der Waals surface area contributed by atoms with E-state index < -0.39 is 27.9 Å². The van der Waals surface area contributed by atoms with Crippen LogP contribution in [0.25, 0.3) is 0 Å². The second-order valence-corrected chi connectivity index (χ2v) is 10.4. The number of fused-ring (bicyclic) bond motifs is 1. The van der Waals surface area contributed by atoms with E-state index in [9.17, 15) is 22.8 Å². The van der Waals surface area contributed by atoms with Crippen LogP contribution in [0.3, 0.4) is 0 Å². The number of nitrogens with zero attached hydrogens (tertiary/aromatic N) is 2. The summed E-state index contributed by atoms with van der Waals surface area (Å²) in [4.78, 5) is 39.7. The van der Waals surface area contributed by atoms with Gasteiger partial charge in [-0.2, -0.15) is 0 Å². The summed E-state index contributed by atoms with van der Waals surface area (Å²) >= 11 is 6.06. The number of rotatable bonds is 8. The largest absolute Gasteiger partial charge is 0.352 e. The molecule has 1 N–H and O–H groups in total. The molecule has 2 aromatic rings. The molecule has 10 heteroatoms. The zero-order valence-corrected chi connectivity index (χ0v) is 20.2. The highest BCUT2D eigenvalue weighted by atomic mass is 35.5. The van der Waals surface area contributed by atoms with E-state index in [1.165, 1.54) is 17.0 Å². The first-order chi connectivity index (χ1) is 15.5. The number of hydrogen-bond acceptors (Lipinski definition) is 5. The van der Waals surface area contributed by atoms with Gasteiger partial charge in [0.15, 0.2) is 0 Å². The molecule has 1 heterocycles. The van der Waals surface area contributed by atoms with Crippen molar-refractivity contribution in [2.24, 2.45) is 0 Å². The van der Waals surface area contributed by atoms with Crippen molar-refractivity contribution in [1.29, 1.82) is 0 Å². The van der Waals surface area contributed by atoms with Gasteiger partial charge in [0.25, 0.3) is 15.9 Å². The predicted molar refractivity (Wildman–Crippen MR) is 124 cm³/mol. The lowest BCUT2D eigenvalue weighted by Crippen LogP contribution is -2.49. The highest BCUT2D eigenvalue weighted by Gasteiger charge is 2.41. The Morgan fingerprint density at radius 1 is 1.09 bits per heavy atom. The van der Waals surface area contributed by atoms with Crippen molar-refractivity contribution in [2.75, 3.05) is 6.54 Å². The van der Waals surface area contributed by atoms with Gasteiger partial charge in [-0.1, -0.05) is 35.9 Å². The fraction of sp³-hybridized carbons (Fsp3) is 0.348. The van der Waals surface area contributed by atoms with Gasteiger partial charge in [-0.15, -0.1) is 0 Å². The van der Waals surface area contributed by atoms with E-state index in [4.69, 9.17) is 11.6 Å². The molecule has 176 valence electrons. The lowest BCUT2D eigenvalue weighted by atomic mass is 10.1. The van der Waals surface area contributed by atoms with E-state index in [1.54, 1.807) is 43.3 Å². The number of amides is 3. The van der Waals surface area contributed by atoms with Crippen molar-refractivity contribution in [3.63, 3.8) is 0 Å². The number of hydrogen-bond donors (Lipinski definition) is 1. The summed E-state index contributed by atoms with van der Waals surface area (Å²) < 4.78 is 26.3. The summed E-state index contributed by atoms with van der Waals surface area (Å²) in [6.07, 6.45) is -0.265. The molecule has 33 heavy (non-hydrogen) atoms. The molecule has 2 aromatic carbocycles. The van der Waals surface area contributed by atoms with Crippen molar-refractivity contribution in [3.8, 4) is 0 Å². The van der Waals surface area contributed by atoms with Crippen LogP contribution in [0.1, 0.15) is 43.1 Å². The molecule has 0 saturated heterocycles. The SMILES string of the molecule is CC(C)NC(=O)[C@@H](C)N(Cc1cccc(Cl)c1)C(=O)CCN1C(=O)c2ccccc2S1(=O)=O. The van der Waals surface area contributed by atoms with E-state index in [0.29, 0.717) is 9.33 Å². The Bertz CT molecular complexity index is 1180. The summed E-state index contributed by atoms with van der Waals surface area (Å²) in [7, 11) is -4.02. The van der Waals surface area contributed by atoms with Gasteiger partial charge in [0.05, 0.1) is 5.56 Å². The minimum Gasteiger partial charge on any atom is -0.352 e. The minimum atomic E-state index is -4.02. The average Bonchev–Trinajstić information content (AvgIpc) is 2.95. The lowest BCUT2D eigenvalue weighted by Gasteiger charge is -2.30. The number of sulfonamides is 1. The maximum absolute atomic E-state index is 13.2. The molecule has 1 aliphatic heterocycles. The molecule has 0 saturated carbocycles. The van der Waals surface area contributed by atoms with Crippen molar-refractivity contribution in [3.05, 3.63) is 64.7 Å². The van der Waals surface area contributed by atoms with E-state index in [1.807, 2.05) is 13.8 Å². The highest BCUT2D eigenvalue weighted by Crippen LogP contribution is 2.30. The second-order valence-electron chi connectivity index (χ2n) is 8.12. The van der Waals surface area contributed by atoms with Gasteiger partial charge in [-0.3, -0.25) is 14.4 Å². The van der Waals surface area contributed by atoms with Crippen LogP contribution in [-0.4, -0.2) is 54.0 Å². The first kappa shape index (κ1) is 24.7. The molecule has 0 bridgehead atoms. The molecule has 1 aliphatic rings. The van der Waals surface area contributed by atoms with Gasteiger partial charge < -0.3 is 10.2 Å². The topological polar surface area (TPSA) is 104 Å². The molecule has 3 amide bonds. The zero-order chi connectivity index (χ0) is 24.3. The monoisotopic (exact) mass is 491 g/mol. The molecule has 0 aliphatic carbocycles. The Labute approximate surface area is 198 Å². The molecule has 0 fully saturated rings. The fourth-order valence-corrected chi connectivity index (χ4v) is 5.40. The molecule has 0 spiro atoms. The van der Waals surface area contributed by atoms with Crippen LogP contribution in [0, 0.1) is 0 Å². The van der Waals surface area contributed by atoms with Crippen molar-refractivity contribution >= 4 is 39.3 Å². The summed E-state index contributed by atoms with van der Waals surface area (Å²) in [6, 6.07) is 11.9. The second kappa shape index (κ2) is 9.93. The molecule has 8 nitrogen and oxygen atoms in total. The van der Waals surface area contributed by atoms with Gasteiger partial charge in [-0.05, 0) is 50.6 Å². The zero-order valence-electron chi connectivity index (χ0n) is 18.6. The smallest absolute Gasteiger partial charge is 0.269 e. The van der Waals surface area contributed by atoms with Gasteiger partial charge in [-0.25, -0.2) is 12.7 Å². The van der Waals surface area contributed by atoms with Crippen LogP contribution in [-0.2, 0) is 26.2 Å². The molecule has 0 aromatic heterocycles. The standard InChI is InChI=1S/C23H26ClN3O5S/c1-15(2)25-22(29)16(3)26(14-17-7-6-8-18(24)13-17)21(28)11-12-27-23(30)19-9-4-5-10-20(19)33(27,31)32/h4-10,13,15-16H,11-12,14H2,1-3H3,(H,25,29)/t16-/m1/s1. The Morgan fingerprint density at radius 3 is 2.42 bits per heavy atom. The summed E-state index contributed by atoms with van der Waals surface area (Å²) in [5, 5.41) is 3.28. The van der Waals surface area contributed by atoms with Crippen LogP contribution in [0.5, 0.6) is 0 Å². The summed E-state index contributed by atoms with van der Waals surface area (Å²) in [5.74, 6) is -1.46. The minimum absolute atomic E-state index is 0.0667. The quantitative estimate of drug-likeness (QED) is 0.611. The number of carbonyl (C=O) groups is 3. The molecule has 3 rings (SSSR count). The van der Waals surface area contributed by atoms with Crippen molar-refractivity contribution in [2.45, 2.75) is 50.7 Å². The van der Waals surface area contributed by atoms with Crippen LogP contribution in [0.2, 0.25) is 5.02 Å². The van der Waals surface area contributed by atoms with Crippen LogP contribution >= 0.6 is 11.6 Å². The Kier molecular flexibility index (Phi) is 7.44. The third-order valence-electron chi connectivity index (χ3n) is 5.28. The Balaban J connectivity index is 1.80. The number of benzene rings is 2. The molecular weight excluding hydrogens is 466 g/mol. The van der Waals surface area contributed by atoms with Crippen molar-refractivity contribution < 1.29 is 22.8 Å². The first-order valence-electron chi connectivity index (χ1n) is 10.5. The van der Waals surface area contributed by atoms with Gasteiger partial charge in [0, 0.05) is 30.6 Å². The van der Waals surface area contributed by atoms with E-state index in [-0.39, 0.29) is 41.9 Å². The maximum Gasteiger partial charge on any atom is 0.269 e. The Morgan fingerprint density at radius 2 is 1.79 bits per heavy atom. The number of carbonyl (C=O) groups excluding carboxylic acids is 3. The average molecular weight is 492 g/mol. The number of nitrogens with one attached hydrogen (secondary N) is 1. The first-order valence-corrected chi connectivity index (χ1v) is 12.3. The molecule has 0 radical (unpaired) electrons. The Hall–Kier alpha value is -2.91. The van der Waals surface area contributed by atoms with Crippen LogP contribution < -0.4 is 5.32 Å². The third-order valence-corrected chi connectivity index (χ3v) is 7.36. The maximum atomic E-state index is 13.2. The van der Waals surface area contributed by atoms with Crippen LogP contribution in [0.15, 0.2) is 53.4 Å². The van der Waals surface area contributed by atoms with E-state index in [2.05, 4.69) is 5.32 Å². The summed E-state index contributed by atoms with van der Waals surface area (Å²) in [5.41, 5.74) is 0.808. The highest BCUT2D eigenvalue weighted by molar-refractivity contribution is 7.90. The van der Waals surface area contributed by atoms with E-state index >= 15 is 0 Å². The molecular formula is C23H26ClN3O5S.